The summed E-state index contributed by atoms with van der Waals surface area (Å²) < 4.78 is 0. The highest BCUT2D eigenvalue weighted by Gasteiger charge is 2.05. The summed E-state index contributed by atoms with van der Waals surface area (Å²) in [6, 6.07) is 1.70. The number of rotatable bonds is 3. The van der Waals surface area contributed by atoms with Crippen LogP contribution in [-0.2, 0) is 0 Å². The molecule has 1 N–H and O–H groups in total. The SMILES string of the molecule is C=C(C)/C=C\C(=C)c1c[nH]c(=O)c2ccncc12. The molecule has 3 heteroatoms. The maximum atomic E-state index is 11.7. The van der Waals surface area contributed by atoms with E-state index >= 15 is 0 Å². The lowest BCUT2D eigenvalue weighted by atomic mass is 10.0. The number of nitrogens with zero attached hydrogens (tertiary/aromatic N) is 1. The molecule has 0 aliphatic rings. The molecule has 2 aromatic rings. The number of hydrogen-bond donors (Lipinski definition) is 1. The van der Waals surface area contributed by atoms with Crippen LogP contribution in [0.3, 0.4) is 0 Å². The predicted octanol–water partition coefficient (Wildman–Crippen LogP) is 3.07. The molecule has 0 saturated heterocycles. The van der Waals surface area contributed by atoms with Gasteiger partial charge in [0.1, 0.15) is 0 Å². The summed E-state index contributed by atoms with van der Waals surface area (Å²) in [5.41, 5.74) is 2.51. The first-order valence-electron chi connectivity index (χ1n) is 5.58. The van der Waals surface area contributed by atoms with Crippen LogP contribution in [0.1, 0.15) is 12.5 Å². The maximum Gasteiger partial charge on any atom is 0.255 e. The lowest BCUT2D eigenvalue weighted by Crippen LogP contribution is -2.06. The van der Waals surface area contributed by atoms with Crippen molar-refractivity contribution < 1.29 is 0 Å². The topological polar surface area (TPSA) is 45.8 Å². The van der Waals surface area contributed by atoms with E-state index in [-0.39, 0.29) is 5.56 Å². The van der Waals surface area contributed by atoms with Crippen LogP contribution in [-0.4, -0.2) is 9.97 Å². The van der Waals surface area contributed by atoms with Crippen LogP contribution < -0.4 is 5.56 Å². The fraction of sp³-hybridized carbons (Fsp3) is 0.0667. The van der Waals surface area contributed by atoms with Gasteiger partial charge in [-0.3, -0.25) is 9.78 Å². The molecule has 0 aliphatic carbocycles. The second-order valence-electron chi connectivity index (χ2n) is 4.16. The van der Waals surface area contributed by atoms with E-state index in [0.717, 1.165) is 22.1 Å². The van der Waals surface area contributed by atoms with Gasteiger partial charge in [0.15, 0.2) is 0 Å². The van der Waals surface area contributed by atoms with Gasteiger partial charge in [-0.2, -0.15) is 0 Å². The minimum atomic E-state index is -0.118. The highest BCUT2D eigenvalue weighted by atomic mass is 16.1. The first kappa shape index (κ1) is 12.0. The minimum absolute atomic E-state index is 0.118. The number of fused-ring (bicyclic) bond motifs is 1. The Morgan fingerprint density at radius 3 is 2.83 bits per heavy atom. The smallest absolute Gasteiger partial charge is 0.255 e. The number of nitrogens with one attached hydrogen (secondary N) is 1. The van der Waals surface area contributed by atoms with Gasteiger partial charge in [-0.05, 0) is 18.6 Å². The normalized spacial score (nSPS) is 10.9. The molecule has 0 fully saturated rings. The Labute approximate surface area is 105 Å². The van der Waals surface area contributed by atoms with Gasteiger partial charge in [-0.15, -0.1) is 0 Å². The van der Waals surface area contributed by atoms with E-state index in [9.17, 15) is 4.79 Å². The fourth-order valence-corrected chi connectivity index (χ4v) is 1.70. The molecule has 2 rings (SSSR count). The highest BCUT2D eigenvalue weighted by Crippen LogP contribution is 2.21. The summed E-state index contributed by atoms with van der Waals surface area (Å²) in [7, 11) is 0. The van der Waals surface area contributed by atoms with E-state index in [0.29, 0.717) is 5.39 Å². The molecule has 18 heavy (non-hydrogen) atoms. The van der Waals surface area contributed by atoms with E-state index < -0.39 is 0 Å². The molecular weight excluding hydrogens is 224 g/mol. The monoisotopic (exact) mass is 238 g/mol. The molecular formula is C15H14N2O. The predicted molar refractivity (Wildman–Crippen MR) is 75.4 cm³/mol. The number of aromatic amines is 1. The molecule has 2 heterocycles. The molecule has 90 valence electrons. The zero-order chi connectivity index (χ0) is 13.1. The average molecular weight is 238 g/mol. The van der Waals surface area contributed by atoms with Gasteiger partial charge in [0, 0.05) is 29.5 Å². The van der Waals surface area contributed by atoms with Crippen molar-refractivity contribution in [3.05, 3.63) is 71.5 Å². The second-order valence-corrected chi connectivity index (χ2v) is 4.16. The molecule has 0 amide bonds. The van der Waals surface area contributed by atoms with Gasteiger partial charge in [-0.25, -0.2) is 0 Å². The van der Waals surface area contributed by atoms with Crippen LogP contribution in [0, 0.1) is 0 Å². The van der Waals surface area contributed by atoms with E-state index in [1.165, 1.54) is 0 Å². The molecule has 0 saturated carbocycles. The fourth-order valence-electron chi connectivity index (χ4n) is 1.70. The van der Waals surface area contributed by atoms with Crippen LogP contribution in [0.25, 0.3) is 16.3 Å². The van der Waals surface area contributed by atoms with Crippen LogP contribution >= 0.6 is 0 Å². The first-order chi connectivity index (χ1) is 8.59. The van der Waals surface area contributed by atoms with Crippen LogP contribution in [0.4, 0.5) is 0 Å². The Morgan fingerprint density at radius 2 is 2.11 bits per heavy atom. The Morgan fingerprint density at radius 1 is 1.33 bits per heavy atom. The van der Waals surface area contributed by atoms with Gasteiger partial charge < -0.3 is 4.98 Å². The third kappa shape index (κ3) is 2.30. The lowest BCUT2D eigenvalue weighted by molar-refractivity contribution is 1.25. The zero-order valence-corrected chi connectivity index (χ0v) is 10.2. The molecule has 2 aromatic heterocycles. The van der Waals surface area contributed by atoms with Crippen molar-refractivity contribution in [2.45, 2.75) is 6.92 Å². The second kappa shape index (κ2) is 4.84. The van der Waals surface area contributed by atoms with Crippen molar-refractivity contribution in [3.63, 3.8) is 0 Å². The van der Waals surface area contributed by atoms with Gasteiger partial charge in [0.2, 0.25) is 0 Å². The number of hydrogen-bond acceptors (Lipinski definition) is 2. The number of H-pyrrole nitrogens is 1. The maximum absolute atomic E-state index is 11.7. The Kier molecular flexibility index (Phi) is 3.24. The number of allylic oxidation sites excluding steroid dienone is 4. The summed E-state index contributed by atoms with van der Waals surface area (Å²) in [6.45, 7) is 9.71. The summed E-state index contributed by atoms with van der Waals surface area (Å²) in [5.74, 6) is 0. The molecule has 0 aromatic carbocycles. The summed E-state index contributed by atoms with van der Waals surface area (Å²) in [5, 5.41) is 1.42. The minimum Gasteiger partial charge on any atom is -0.328 e. The van der Waals surface area contributed by atoms with Gasteiger partial charge in [-0.1, -0.05) is 30.9 Å². The quantitative estimate of drug-likeness (QED) is 0.835. The average Bonchev–Trinajstić information content (AvgIpc) is 2.37. The summed E-state index contributed by atoms with van der Waals surface area (Å²) in [4.78, 5) is 18.4. The van der Waals surface area contributed by atoms with Gasteiger partial charge in [0.25, 0.3) is 5.56 Å². The van der Waals surface area contributed by atoms with Crippen molar-refractivity contribution in [1.82, 2.24) is 9.97 Å². The Bertz CT molecular complexity index is 708. The van der Waals surface area contributed by atoms with E-state index in [4.69, 9.17) is 0 Å². The third-order valence-electron chi connectivity index (χ3n) is 2.62. The van der Waals surface area contributed by atoms with E-state index in [1.54, 1.807) is 24.7 Å². The van der Waals surface area contributed by atoms with E-state index in [1.807, 2.05) is 19.1 Å². The summed E-state index contributed by atoms with van der Waals surface area (Å²) >= 11 is 0. The molecule has 3 nitrogen and oxygen atoms in total. The zero-order valence-electron chi connectivity index (χ0n) is 10.2. The molecule has 0 bridgehead atoms. The Hall–Kier alpha value is -2.42. The highest BCUT2D eigenvalue weighted by molar-refractivity contribution is 5.94. The summed E-state index contributed by atoms with van der Waals surface area (Å²) in [6.07, 6.45) is 8.71. The van der Waals surface area contributed by atoms with Crippen molar-refractivity contribution in [1.29, 1.82) is 0 Å². The van der Waals surface area contributed by atoms with Gasteiger partial charge >= 0.3 is 0 Å². The largest absolute Gasteiger partial charge is 0.328 e. The molecule has 0 unspecified atom stereocenters. The first-order valence-corrected chi connectivity index (χ1v) is 5.58. The van der Waals surface area contributed by atoms with Crippen LogP contribution in [0.15, 0.2) is 60.3 Å². The lowest BCUT2D eigenvalue weighted by Gasteiger charge is -2.05. The molecule has 0 spiro atoms. The number of pyridine rings is 2. The van der Waals surface area contributed by atoms with E-state index in [2.05, 4.69) is 23.1 Å². The van der Waals surface area contributed by atoms with Crippen LogP contribution in [0.2, 0.25) is 0 Å². The third-order valence-corrected chi connectivity index (χ3v) is 2.62. The molecule has 0 aliphatic heterocycles. The number of aromatic nitrogens is 2. The van der Waals surface area contributed by atoms with Crippen molar-refractivity contribution in [2.75, 3.05) is 0 Å². The van der Waals surface area contributed by atoms with Crippen molar-refractivity contribution >= 4 is 16.3 Å². The molecule has 0 radical (unpaired) electrons. The van der Waals surface area contributed by atoms with Crippen molar-refractivity contribution in [3.8, 4) is 0 Å². The Balaban J connectivity index is 2.59. The van der Waals surface area contributed by atoms with Crippen molar-refractivity contribution in [2.24, 2.45) is 0 Å². The standard InChI is InChI=1S/C15H14N2O/c1-10(2)4-5-11(3)13-9-17-15(18)12-6-7-16-8-14(12)13/h4-9H,1,3H2,2H3,(H,17,18)/b5-4-. The molecule has 0 atom stereocenters. The van der Waals surface area contributed by atoms with Crippen LogP contribution in [0.5, 0.6) is 0 Å². The van der Waals surface area contributed by atoms with Gasteiger partial charge in [0.05, 0.1) is 5.39 Å².